The number of ketones is 1. The molecule has 176 valence electrons. The van der Waals surface area contributed by atoms with E-state index < -0.39 is 0 Å². The Kier molecular flexibility index (Phi) is 8.32. The molecule has 3 rings (SSSR count). The van der Waals surface area contributed by atoms with Crippen molar-refractivity contribution in [1.29, 1.82) is 0 Å². The Morgan fingerprint density at radius 3 is 2.79 bits per heavy atom. The maximum atomic E-state index is 12.6. The van der Waals surface area contributed by atoms with Gasteiger partial charge in [-0.15, -0.1) is 11.8 Å². The average Bonchev–Trinajstić information content (AvgIpc) is 3.31. The van der Waals surface area contributed by atoms with Crippen molar-refractivity contribution >= 4 is 17.7 Å². The number of hydrogen-bond acceptors (Lipinski definition) is 6. The van der Waals surface area contributed by atoms with Crippen LogP contribution in [0.4, 0.5) is 0 Å². The Morgan fingerprint density at radius 1 is 1.30 bits per heavy atom. The van der Waals surface area contributed by atoms with Gasteiger partial charge in [-0.1, -0.05) is 31.2 Å². The molecular weight excluding hydrogens is 420 g/mol. The molecule has 1 aromatic carbocycles. The van der Waals surface area contributed by atoms with E-state index in [1.165, 1.54) is 14.0 Å². The number of aryl methyl sites for hydroxylation is 1. The van der Waals surface area contributed by atoms with E-state index in [2.05, 4.69) is 11.8 Å². The Labute approximate surface area is 195 Å². The first-order chi connectivity index (χ1) is 15.8. The van der Waals surface area contributed by atoms with Crippen LogP contribution in [0.5, 0.6) is 5.75 Å². The fourth-order valence-corrected chi connectivity index (χ4v) is 4.73. The molecule has 6 heteroatoms. The smallest absolute Gasteiger partial charge is 0.305 e. The highest BCUT2D eigenvalue weighted by Gasteiger charge is 2.50. The lowest BCUT2D eigenvalue weighted by atomic mass is 9.86. The first kappa shape index (κ1) is 24.6. The van der Waals surface area contributed by atoms with E-state index in [0.29, 0.717) is 32.1 Å². The van der Waals surface area contributed by atoms with Crippen molar-refractivity contribution < 1.29 is 28.6 Å². The summed E-state index contributed by atoms with van der Waals surface area (Å²) in [5, 5.41) is 0. The maximum absolute atomic E-state index is 12.6. The zero-order chi connectivity index (χ0) is 24.0. The highest BCUT2D eigenvalue weighted by atomic mass is 16.5. The molecule has 0 spiro atoms. The molecule has 5 atom stereocenters. The summed E-state index contributed by atoms with van der Waals surface area (Å²) in [7, 11) is 1.39. The van der Waals surface area contributed by atoms with Crippen LogP contribution in [0.3, 0.4) is 0 Å². The van der Waals surface area contributed by atoms with Crippen LogP contribution in [-0.4, -0.2) is 37.0 Å². The Morgan fingerprint density at radius 2 is 2.09 bits per heavy atom. The number of rotatable bonds is 9. The Bertz CT molecular complexity index is 982. The Hall–Kier alpha value is -3.07. The summed E-state index contributed by atoms with van der Waals surface area (Å²) in [4.78, 5) is 35.8. The Balaban J connectivity index is 1.82. The first-order valence-electron chi connectivity index (χ1n) is 11.5. The second kappa shape index (κ2) is 11.2. The summed E-state index contributed by atoms with van der Waals surface area (Å²) in [6.07, 6.45) is 5.86. The van der Waals surface area contributed by atoms with Gasteiger partial charge in [0.15, 0.2) is 5.78 Å². The number of allylic oxidation sites excluding steroid dienone is 1. The summed E-state index contributed by atoms with van der Waals surface area (Å²) >= 11 is 0. The standard InChI is InChI=1S/C27H32O6/c1-5-6-9-17(2)22(29)15-14-20-23(32-18(3)28)16-24-26(20)21-12-7-10-19(27(21)33-24)11-8-13-25(30)31-4/h7,10,12,14-15,17,20,23-24,26H,8-9,11,13,16H2,1-4H3/b15-14+. The monoisotopic (exact) mass is 452 g/mol. The summed E-state index contributed by atoms with van der Waals surface area (Å²) in [5.74, 6) is 5.74. The fourth-order valence-electron chi connectivity index (χ4n) is 4.73. The van der Waals surface area contributed by atoms with Crippen molar-refractivity contribution in [1.82, 2.24) is 0 Å². The van der Waals surface area contributed by atoms with Crippen molar-refractivity contribution in [3.8, 4) is 17.6 Å². The minimum Gasteiger partial charge on any atom is -0.489 e. The van der Waals surface area contributed by atoms with Crippen molar-refractivity contribution in [2.24, 2.45) is 11.8 Å². The van der Waals surface area contributed by atoms with Gasteiger partial charge in [-0.05, 0) is 31.4 Å². The number of ether oxygens (including phenoxy) is 3. The topological polar surface area (TPSA) is 78.9 Å². The van der Waals surface area contributed by atoms with E-state index in [4.69, 9.17) is 14.2 Å². The van der Waals surface area contributed by atoms with E-state index in [0.717, 1.165) is 16.9 Å². The van der Waals surface area contributed by atoms with Crippen LogP contribution in [-0.2, 0) is 30.3 Å². The lowest BCUT2D eigenvalue weighted by Crippen LogP contribution is -2.22. The van der Waals surface area contributed by atoms with E-state index in [1.807, 2.05) is 31.2 Å². The highest BCUT2D eigenvalue weighted by Crippen LogP contribution is 2.52. The predicted octanol–water partition coefficient (Wildman–Crippen LogP) is 4.15. The zero-order valence-corrected chi connectivity index (χ0v) is 19.8. The minimum atomic E-state index is -0.344. The number of carbonyl (C=O) groups excluding carboxylic acids is 3. The number of fused-ring (bicyclic) bond motifs is 3. The summed E-state index contributed by atoms with van der Waals surface area (Å²) in [6, 6.07) is 6.06. The van der Waals surface area contributed by atoms with Gasteiger partial charge in [-0.2, -0.15) is 0 Å². The number of hydrogen-bond donors (Lipinski definition) is 0. The van der Waals surface area contributed by atoms with Gasteiger partial charge in [0.05, 0.1) is 7.11 Å². The van der Waals surface area contributed by atoms with Gasteiger partial charge in [0.2, 0.25) is 0 Å². The number of para-hydroxylation sites is 1. The minimum absolute atomic E-state index is 0.000281. The van der Waals surface area contributed by atoms with Crippen LogP contribution < -0.4 is 4.74 Å². The SMILES string of the molecule is CC#CCC(C)C(=O)/C=C/C1C(OC(C)=O)CC2Oc3c(CCCC(=O)OC)cccc3C21. The normalized spacial score (nSPS) is 23.6. The average molecular weight is 453 g/mol. The molecule has 2 aliphatic rings. The van der Waals surface area contributed by atoms with Gasteiger partial charge in [-0.3, -0.25) is 14.4 Å². The summed E-state index contributed by atoms with van der Waals surface area (Å²) in [5.41, 5.74) is 2.12. The third-order valence-corrected chi connectivity index (χ3v) is 6.39. The van der Waals surface area contributed by atoms with E-state index in [1.54, 1.807) is 13.0 Å². The largest absolute Gasteiger partial charge is 0.489 e. The fraction of sp³-hybridized carbons (Fsp3) is 0.519. The molecule has 0 aromatic heterocycles. The molecule has 0 bridgehead atoms. The van der Waals surface area contributed by atoms with Gasteiger partial charge in [0.25, 0.3) is 0 Å². The van der Waals surface area contributed by atoms with Crippen molar-refractivity contribution in [2.45, 2.75) is 71.0 Å². The van der Waals surface area contributed by atoms with Crippen LogP contribution in [0.15, 0.2) is 30.4 Å². The van der Waals surface area contributed by atoms with Crippen LogP contribution in [0.1, 0.15) is 63.5 Å². The lowest BCUT2D eigenvalue weighted by Gasteiger charge is -2.21. The van der Waals surface area contributed by atoms with Gasteiger partial charge >= 0.3 is 11.9 Å². The molecule has 0 radical (unpaired) electrons. The van der Waals surface area contributed by atoms with E-state index in [9.17, 15) is 14.4 Å². The van der Waals surface area contributed by atoms with Crippen LogP contribution in [0.25, 0.3) is 0 Å². The molecule has 33 heavy (non-hydrogen) atoms. The molecule has 1 aromatic rings. The lowest BCUT2D eigenvalue weighted by molar-refractivity contribution is -0.147. The van der Waals surface area contributed by atoms with Crippen LogP contribution >= 0.6 is 0 Å². The van der Waals surface area contributed by atoms with Crippen molar-refractivity contribution in [3.63, 3.8) is 0 Å². The molecule has 0 N–H and O–H groups in total. The third-order valence-electron chi connectivity index (χ3n) is 6.39. The molecule has 1 aliphatic heterocycles. The number of methoxy groups -OCH3 is 1. The summed E-state index contributed by atoms with van der Waals surface area (Å²) < 4.78 is 16.7. The third kappa shape index (κ3) is 5.84. The number of benzene rings is 1. The molecule has 1 saturated carbocycles. The molecule has 1 aliphatic carbocycles. The maximum Gasteiger partial charge on any atom is 0.305 e. The quantitative estimate of drug-likeness (QED) is 0.318. The second-order valence-electron chi connectivity index (χ2n) is 8.70. The van der Waals surface area contributed by atoms with Gasteiger partial charge in [0, 0.05) is 49.5 Å². The predicted molar refractivity (Wildman–Crippen MR) is 124 cm³/mol. The zero-order valence-electron chi connectivity index (χ0n) is 19.8. The number of carbonyl (C=O) groups is 3. The van der Waals surface area contributed by atoms with Gasteiger partial charge < -0.3 is 14.2 Å². The molecule has 0 amide bonds. The molecule has 1 fully saturated rings. The van der Waals surface area contributed by atoms with Gasteiger partial charge in [-0.25, -0.2) is 0 Å². The number of esters is 2. The first-order valence-corrected chi connectivity index (χ1v) is 11.5. The highest BCUT2D eigenvalue weighted by molar-refractivity contribution is 5.91. The van der Waals surface area contributed by atoms with Crippen molar-refractivity contribution in [2.75, 3.05) is 7.11 Å². The molecule has 1 heterocycles. The molecular formula is C27H32O6. The van der Waals surface area contributed by atoms with Crippen LogP contribution in [0, 0.1) is 23.7 Å². The second-order valence-corrected chi connectivity index (χ2v) is 8.70. The van der Waals surface area contributed by atoms with E-state index >= 15 is 0 Å². The van der Waals surface area contributed by atoms with Gasteiger partial charge in [0.1, 0.15) is 18.0 Å². The molecule has 0 saturated heterocycles. The molecule has 6 nitrogen and oxygen atoms in total. The summed E-state index contributed by atoms with van der Waals surface area (Å²) in [6.45, 7) is 5.03. The van der Waals surface area contributed by atoms with E-state index in [-0.39, 0.29) is 47.7 Å². The van der Waals surface area contributed by atoms with Crippen LogP contribution in [0.2, 0.25) is 0 Å². The molecule has 5 unspecified atom stereocenters. The van der Waals surface area contributed by atoms with Crippen molar-refractivity contribution in [3.05, 3.63) is 41.5 Å².